The molecule has 26 heavy (non-hydrogen) atoms. The van der Waals surface area contributed by atoms with E-state index in [0.717, 1.165) is 18.6 Å². The van der Waals surface area contributed by atoms with Crippen molar-refractivity contribution in [2.24, 2.45) is 5.41 Å². The Balaban J connectivity index is 2.30. The van der Waals surface area contributed by atoms with Gasteiger partial charge in [0.05, 0.1) is 0 Å². The molecule has 0 amide bonds. The second kappa shape index (κ2) is 7.86. The largest absolute Gasteiger partial charge is 0.489 e. The number of hydrogen-bond acceptors (Lipinski definition) is 1. The first-order valence-corrected chi connectivity index (χ1v) is 9.81. The standard InChI is InChI=1S/C25H36O/c1-9-15-26-23-21(11-10-12-22(23)25(6,7)8)18(2)16-19-13-14-20(17-19)24(3,4)5/h9-13,17-18H,1,14-16H2,2-8H3. The molecule has 0 aliphatic heterocycles. The summed E-state index contributed by atoms with van der Waals surface area (Å²) in [6.07, 6.45) is 8.78. The lowest BCUT2D eigenvalue weighted by atomic mass is 9.82. The highest BCUT2D eigenvalue weighted by Gasteiger charge is 2.25. The van der Waals surface area contributed by atoms with Crippen molar-refractivity contribution in [3.05, 3.63) is 65.3 Å². The Labute approximate surface area is 160 Å². The molecule has 0 bridgehead atoms. The second-order valence-corrected chi connectivity index (χ2v) is 9.58. The summed E-state index contributed by atoms with van der Waals surface area (Å²) in [5.41, 5.74) is 5.88. The highest BCUT2D eigenvalue weighted by molar-refractivity contribution is 5.48. The van der Waals surface area contributed by atoms with E-state index in [2.05, 4.69) is 85.4 Å². The van der Waals surface area contributed by atoms with E-state index in [1.54, 1.807) is 0 Å². The van der Waals surface area contributed by atoms with Crippen molar-refractivity contribution in [2.75, 3.05) is 6.61 Å². The molecule has 0 aromatic heterocycles. The number of rotatable bonds is 6. The third kappa shape index (κ3) is 4.90. The minimum atomic E-state index is 0.0537. The highest BCUT2D eigenvalue weighted by atomic mass is 16.5. The van der Waals surface area contributed by atoms with Crippen LogP contribution in [0.2, 0.25) is 0 Å². The quantitative estimate of drug-likeness (QED) is 0.486. The van der Waals surface area contributed by atoms with Crippen LogP contribution in [0.4, 0.5) is 0 Å². The van der Waals surface area contributed by atoms with Gasteiger partial charge in [0, 0.05) is 0 Å². The van der Waals surface area contributed by atoms with E-state index in [-0.39, 0.29) is 10.8 Å². The summed E-state index contributed by atoms with van der Waals surface area (Å²) in [6.45, 7) is 20.3. The van der Waals surface area contributed by atoms with Crippen molar-refractivity contribution in [2.45, 2.75) is 72.6 Å². The number of benzene rings is 1. The Morgan fingerprint density at radius 3 is 2.35 bits per heavy atom. The SMILES string of the molecule is C=CCOc1c(C(C)CC2=CCC(C(C)(C)C)=C2)cccc1C(C)(C)C. The molecule has 0 heterocycles. The molecule has 1 heteroatoms. The Bertz CT molecular complexity index is 705. The molecule has 1 aromatic carbocycles. The molecule has 1 unspecified atom stereocenters. The summed E-state index contributed by atoms with van der Waals surface area (Å²) >= 11 is 0. The molecule has 1 atom stereocenters. The van der Waals surface area contributed by atoms with Crippen LogP contribution in [-0.4, -0.2) is 6.61 Å². The fourth-order valence-electron chi connectivity index (χ4n) is 3.55. The molecule has 1 aliphatic carbocycles. The Kier molecular flexibility index (Phi) is 6.21. The summed E-state index contributed by atoms with van der Waals surface area (Å²) < 4.78 is 6.15. The van der Waals surface area contributed by atoms with E-state index in [0.29, 0.717) is 12.5 Å². The Morgan fingerprint density at radius 1 is 1.12 bits per heavy atom. The van der Waals surface area contributed by atoms with Crippen LogP contribution in [0, 0.1) is 5.41 Å². The van der Waals surface area contributed by atoms with Crippen LogP contribution in [0.15, 0.2) is 54.2 Å². The van der Waals surface area contributed by atoms with E-state index in [4.69, 9.17) is 4.74 Å². The topological polar surface area (TPSA) is 9.23 Å². The zero-order valence-electron chi connectivity index (χ0n) is 17.8. The smallest absolute Gasteiger partial charge is 0.126 e. The van der Waals surface area contributed by atoms with E-state index in [9.17, 15) is 0 Å². The molecule has 2 rings (SSSR count). The normalized spacial score (nSPS) is 16.1. The second-order valence-electron chi connectivity index (χ2n) is 9.58. The molecule has 0 N–H and O–H groups in total. The van der Waals surface area contributed by atoms with Crippen molar-refractivity contribution in [3.8, 4) is 5.75 Å². The predicted octanol–water partition coefficient (Wildman–Crippen LogP) is 7.35. The van der Waals surface area contributed by atoms with Crippen LogP contribution in [0.3, 0.4) is 0 Å². The fourth-order valence-corrected chi connectivity index (χ4v) is 3.55. The maximum atomic E-state index is 6.15. The van der Waals surface area contributed by atoms with Gasteiger partial charge in [0.15, 0.2) is 0 Å². The molecular formula is C25H36O. The van der Waals surface area contributed by atoms with Gasteiger partial charge in [-0.1, -0.05) is 103 Å². The number of hydrogen-bond donors (Lipinski definition) is 0. The predicted molar refractivity (Wildman–Crippen MR) is 114 cm³/mol. The van der Waals surface area contributed by atoms with Gasteiger partial charge >= 0.3 is 0 Å². The maximum Gasteiger partial charge on any atom is 0.126 e. The minimum Gasteiger partial charge on any atom is -0.489 e. The lowest BCUT2D eigenvalue weighted by molar-refractivity contribution is 0.344. The van der Waals surface area contributed by atoms with Gasteiger partial charge in [0.2, 0.25) is 0 Å². The molecule has 1 nitrogen and oxygen atoms in total. The first-order valence-electron chi connectivity index (χ1n) is 9.81. The molecule has 0 spiro atoms. The van der Waals surface area contributed by atoms with Gasteiger partial charge in [0.1, 0.15) is 12.4 Å². The van der Waals surface area contributed by atoms with Gasteiger partial charge < -0.3 is 4.74 Å². The van der Waals surface area contributed by atoms with E-state index in [1.807, 2.05) is 6.08 Å². The monoisotopic (exact) mass is 352 g/mol. The average molecular weight is 353 g/mol. The molecule has 142 valence electrons. The molecule has 1 aromatic rings. The Hall–Kier alpha value is -1.76. The van der Waals surface area contributed by atoms with Gasteiger partial charge in [0.25, 0.3) is 0 Å². The summed E-state index contributed by atoms with van der Waals surface area (Å²) in [4.78, 5) is 0. The third-order valence-electron chi connectivity index (χ3n) is 5.18. The van der Waals surface area contributed by atoms with Gasteiger partial charge in [-0.2, -0.15) is 0 Å². The van der Waals surface area contributed by atoms with E-state index in [1.165, 1.54) is 22.3 Å². The molecule has 0 saturated heterocycles. The summed E-state index contributed by atoms with van der Waals surface area (Å²) in [6, 6.07) is 6.59. The third-order valence-corrected chi connectivity index (χ3v) is 5.18. The van der Waals surface area contributed by atoms with Gasteiger partial charge in [-0.3, -0.25) is 0 Å². The zero-order valence-corrected chi connectivity index (χ0v) is 17.8. The Morgan fingerprint density at radius 2 is 1.81 bits per heavy atom. The van der Waals surface area contributed by atoms with Crippen LogP contribution < -0.4 is 4.74 Å². The molecular weight excluding hydrogens is 316 g/mol. The molecule has 0 radical (unpaired) electrons. The summed E-state index contributed by atoms with van der Waals surface area (Å²) in [7, 11) is 0. The first kappa shape index (κ1) is 20.6. The maximum absolute atomic E-state index is 6.15. The van der Waals surface area contributed by atoms with Gasteiger partial charge in [-0.05, 0) is 40.7 Å². The number of para-hydroxylation sites is 1. The van der Waals surface area contributed by atoms with E-state index < -0.39 is 0 Å². The van der Waals surface area contributed by atoms with Crippen molar-refractivity contribution in [1.29, 1.82) is 0 Å². The van der Waals surface area contributed by atoms with Crippen LogP contribution in [0.5, 0.6) is 5.75 Å². The number of allylic oxidation sites excluding steroid dienone is 4. The van der Waals surface area contributed by atoms with E-state index >= 15 is 0 Å². The average Bonchev–Trinajstić information content (AvgIpc) is 3.00. The van der Waals surface area contributed by atoms with Crippen LogP contribution >= 0.6 is 0 Å². The molecule has 1 aliphatic rings. The summed E-state index contributed by atoms with van der Waals surface area (Å²) in [5.74, 6) is 1.46. The molecule has 0 fully saturated rings. The fraction of sp³-hybridized carbons (Fsp3) is 0.520. The van der Waals surface area contributed by atoms with Crippen molar-refractivity contribution in [1.82, 2.24) is 0 Å². The first-order chi connectivity index (χ1) is 12.0. The van der Waals surface area contributed by atoms with Crippen molar-refractivity contribution < 1.29 is 4.74 Å². The summed E-state index contributed by atoms with van der Waals surface area (Å²) in [5, 5.41) is 0. The lowest BCUT2D eigenvalue weighted by Gasteiger charge is -2.26. The van der Waals surface area contributed by atoms with Crippen LogP contribution in [0.25, 0.3) is 0 Å². The van der Waals surface area contributed by atoms with Gasteiger partial charge in [-0.15, -0.1) is 0 Å². The van der Waals surface area contributed by atoms with Crippen LogP contribution in [0.1, 0.15) is 78.4 Å². The van der Waals surface area contributed by atoms with Gasteiger partial charge in [-0.25, -0.2) is 0 Å². The van der Waals surface area contributed by atoms with Crippen molar-refractivity contribution >= 4 is 0 Å². The molecule has 0 saturated carbocycles. The lowest BCUT2D eigenvalue weighted by Crippen LogP contribution is -2.15. The van der Waals surface area contributed by atoms with Crippen molar-refractivity contribution in [3.63, 3.8) is 0 Å². The van der Waals surface area contributed by atoms with Crippen LogP contribution in [-0.2, 0) is 5.41 Å². The number of ether oxygens (including phenoxy) is 1. The minimum absolute atomic E-state index is 0.0537. The zero-order chi connectivity index (χ0) is 19.5. The highest BCUT2D eigenvalue weighted by Crippen LogP contribution is 2.41.